The molecule has 0 aromatic rings. The van der Waals surface area contributed by atoms with Gasteiger partial charge in [0.05, 0.1) is 0 Å². The highest BCUT2D eigenvalue weighted by molar-refractivity contribution is 5.87. The fourth-order valence-electron chi connectivity index (χ4n) is 2.55. The number of carboxylic acids is 1. The average Bonchev–Trinajstić information content (AvgIpc) is 2.72. The normalized spacial score (nSPS) is 25.2. The van der Waals surface area contributed by atoms with Gasteiger partial charge in [0.25, 0.3) is 0 Å². The van der Waals surface area contributed by atoms with Crippen LogP contribution in [0.1, 0.15) is 19.3 Å². The number of allylic oxidation sites excluding steroid dienone is 3. The summed E-state index contributed by atoms with van der Waals surface area (Å²) in [5.74, 6) is -0.977. The van der Waals surface area contributed by atoms with Gasteiger partial charge < -0.3 is 15.7 Å². The van der Waals surface area contributed by atoms with E-state index in [1.54, 1.807) is 0 Å². The van der Waals surface area contributed by atoms with Gasteiger partial charge in [-0.1, -0.05) is 18.2 Å². The molecule has 0 aromatic carbocycles. The highest BCUT2D eigenvalue weighted by Crippen LogP contribution is 2.26. The predicted octanol–water partition coefficient (Wildman–Crippen LogP) is 0.523. The van der Waals surface area contributed by atoms with E-state index < -0.39 is 12.0 Å². The lowest BCUT2D eigenvalue weighted by molar-refractivity contribution is -0.146. The molecular weight excluding hydrogens is 232 g/mol. The van der Waals surface area contributed by atoms with E-state index in [9.17, 15) is 14.7 Å². The standard InChI is InChI=1S/C13H18N2O3/c14-7-9-6-11(16)15(8-9)12(13(17)18)10-4-2-1-3-5-10/h1-2,5,9,12H,3-4,6-8,14H2,(H,17,18)/t9?,12-/m1/s1. The Morgan fingerprint density at radius 3 is 2.83 bits per heavy atom. The highest BCUT2D eigenvalue weighted by Gasteiger charge is 2.38. The minimum absolute atomic E-state index is 0.0825. The van der Waals surface area contributed by atoms with Crippen molar-refractivity contribution in [1.29, 1.82) is 0 Å². The Bertz CT molecular complexity index is 414. The van der Waals surface area contributed by atoms with E-state index in [-0.39, 0.29) is 11.8 Å². The second-order valence-corrected chi connectivity index (χ2v) is 4.78. The van der Waals surface area contributed by atoms with E-state index in [1.165, 1.54) is 4.90 Å². The molecule has 5 heteroatoms. The number of carbonyl (C=O) groups excluding carboxylic acids is 1. The molecule has 18 heavy (non-hydrogen) atoms. The number of rotatable bonds is 4. The van der Waals surface area contributed by atoms with Crippen LogP contribution in [0.25, 0.3) is 0 Å². The summed E-state index contributed by atoms with van der Waals surface area (Å²) in [4.78, 5) is 24.8. The van der Waals surface area contributed by atoms with Crippen LogP contribution in [0.2, 0.25) is 0 Å². The number of hydrogen-bond donors (Lipinski definition) is 2. The highest BCUT2D eigenvalue weighted by atomic mass is 16.4. The quantitative estimate of drug-likeness (QED) is 0.713. The largest absolute Gasteiger partial charge is 0.479 e. The van der Waals surface area contributed by atoms with Crippen LogP contribution in [-0.2, 0) is 9.59 Å². The average molecular weight is 250 g/mol. The van der Waals surface area contributed by atoms with Gasteiger partial charge in [0, 0.05) is 13.0 Å². The van der Waals surface area contributed by atoms with Crippen molar-refractivity contribution < 1.29 is 14.7 Å². The number of likely N-dealkylation sites (tertiary alicyclic amines) is 1. The fraction of sp³-hybridized carbons (Fsp3) is 0.538. The summed E-state index contributed by atoms with van der Waals surface area (Å²) in [6.45, 7) is 0.876. The summed E-state index contributed by atoms with van der Waals surface area (Å²) >= 11 is 0. The van der Waals surface area contributed by atoms with E-state index in [4.69, 9.17) is 5.73 Å². The first kappa shape index (κ1) is 12.8. The predicted molar refractivity (Wildman–Crippen MR) is 66.8 cm³/mol. The first-order valence-electron chi connectivity index (χ1n) is 6.19. The number of hydrogen-bond acceptors (Lipinski definition) is 3. The maximum Gasteiger partial charge on any atom is 0.330 e. The van der Waals surface area contributed by atoms with Gasteiger partial charge in [-0.25, -0.2) is 4.79 Å². The van der Waals surface area contributed by atoms with Crippen molar-refractivity contribution in [3.8, 4) is 0 Å². The van der Waals surface area contributed by atoms with E-state index in [1.807, 2.05) is 18.2 Å². The summed E-state index contributed by atoms with van der Waals surface area (Å²) in [6, 6.07) is -0.820. The first-order chi connectivity index (χ1) is 8.63. The SMILES string of the molecule is NCC1CC(=O)N([C@@H](C(=O)O)C2=CCC=CC2)C1. The molecule has 1 saturated heterocycles. The van der Waals surface area contributed by atoms with Gasteiger partial charge >= 0.3 is 5.97 Å². The third-order valence-corrected chi connectivity index (χ3v) is 3.51. The van der Waals surface area contributed by atoms with Crippen LogP contribution in [-0.4, -0.2) is 41.0 Å². The molecule has 0 bridgehead atoms. The second kappa shape index (κ2) is 5.35. The third kappa shape index (κ3) is 2.46. The Morgan fingerprint density at radius 1 is 1.56 bits per heavy atom. The van der Waals surface area contributed by atoms with Crippen molar-refractivity contribution in [3.05, 3.63) is 23.8 Å². The van der Waals surface area contributed by atoms with Crippen molar-refractivity contribution in [1.82, 2.24) is 4.90 Å². The Labute approximate surface area is 106 Å². The van der Waals surface area contributed by atoms with Gasteiger partial charge in [0.1, 0.15) is 0 Å². The van der Waals surface area contributed by atoms with Crippen molar-refractivity contribution in [2.24, 2.45) is 11.7 Å². The summed E-state index contributed by atoms with van der Waals surface area (Å²) in [5.41, 5.74) is 6.36. The molecule has 1 heterocycles. The molecule has 1 fully saturated rings. The lowest BCUT2D eigenvalue weighted by Crippen LogP contribution is -2.44. The molecule has 2 rings (SSSR count). The molecule has 0 saturated carbocycles. The molecule has 0 spiro atoms. The van der Waals surface area contributed by atoms with Crippen LogP contribution < -0.4 is 5.73 Å². The number of nitrogens with two attached hydrogens (primary N) is 1. The van der Waals surface area contributed by atoms with Crippen LogP contribution in [0.3, 0.4) is 0 Å². The first-order valence-corrected chi connectivity index (χ1v) is 6.19. The molecule has 0 aromatic heterocycles. The number of carbonyl (C=O) groups is 2. The van der Waals surface area contributed by atoms with E-state index in [0.29, 0.717) is 25.9 Å². The molecule has 1 aliphatic heterocycles. The van der Waals surface area contributed by atoms with Crippen LogP contribution >= 0.6 is 0 Å². The zero-order chi connectivity index (χ0) is 13.1. The number of amides is 1. The smallest absolute Gasteiger partial charge is 0.330 e. The van der Waals surface area contributed by atoms with Gasteiger partial charge in [-0.3, -0.25) is 4.79 Å². The van der Waals surface area contributed by atoms with Crippen molar-refractivity contribution >= 4 is 11.9 Å². The Morgan fingerprint density at radius 2 is 2.33 bits per heavy atom. The van der Waals surface area contributed by atoms with Gasteiger partial charge in [-0.2, -0.15) is 0 Å². The minimum atomic E-state index is -0.956. The van der Waals surface area contributed by atoms with E-state index in [0.717, 1.165) is 12.0 Å². The summed E-state index contributed by atoms with van der Waals surface area (Å²) < 4.78 is 0. The van der Waals surface area contributed by atoms with Gasteiger partial charge in [0.15, 0.2) is 6.04 Å². The third-order valence-electron chi connectivity index (χ3n) is 3.51. The summed E-state index contributed by atoms with van der Waals surface area (Å²) in [5, 5.41) is 9.37. The van der Waals surface area contributed by atoms with Crippen molar-refractivity contribution in [3.63, 3.8) is 0 Å². The monoisotopic (exact) mass is 250 g/mol. The Balaban J connectivity index is 2.18. The van der Waals surface area contributed by atoms with Gasteiger partial charge in [0.2, 0.25) is 5.91 Å². The summed E-state index contributed by atoms with van der Waals surface area (Å²) in [6.07, 6.45) is 7.56. The number of carboxylic acid groups (broad SMARTS) is 1. The zero-order valence-electron chi connectivity index (χ0n) is 10.2. The molecule has 1 unspecified atom stereocenters. The van der Waals surface area contributed by atoms with E-state index >= 15 is 0 Å². The van der Waals surface area contributed by atoms with Gasteiger partial charge in [-0.05, 0) is 30.9 Å². The Hall–Kier alpha value is -1.62. The molecule has 1 aliphatic carbocycles. The molecule has 2 atom stereocenters. The molecule has 0 radical (unpaired) electrons. The maximum atomic E-state index is 11.9. The van der Waals surface area contributed by atoms with Gasteiger partial charge in [-0.15, -0.1) is 0 Å². The zero-order valence-corrected chi connectivity index (χ0v) is 10.2. The molecule has 5 nitrogen and oxygen atoms in total. The topological polar surface area (TPSA) is 83.6 Å². The lowest BCUT2D eigenvalue weighted by Gasteiger charge is -2.27. The van der Waals surface area contributed by atoms with Crippen LogP contribution in [0.5, 0.6) is 0 Å². The maximum absolute atomic E-state index is 11.9. The second-order valence-electron chi connectivity index (χ2n) is 4.78. The van der Waals surface area contributed by atoms with E-state index in [2.05, 4.69) is 0 Å². The van der Waals surface area contributed by atoms with Crippen LogP contribution in [0, 0.1) is 5.92 Å². The molecule has 3 N–H and O–H groups in total. The van der Waals surface area contributed by atoms with Crippen molar-refractivity contribution in [2.45, 2.75) is 25.3 Å². The molecular formula is C13H18N2O3. The minimum Gasteiger partial charge on any atom is -0.479 e. The number of aliphatic carboxylic acids is 1. The molecule has 98 valence electrons. The Kier molecular flexibility index (Phi) is 3.81. The molecule has 1 amide bonds. The van der Waals surface area contributed by atoms with Crippen molar-refractivity contribution in [2.75, 3.05) is 13.1 Å². The van der Waals surface area contributed by atoms with Crippen LogP contribution in [0.4, 0.5) is 0 Å². The molecule has 2 aliphatic rings. The van der Waals surface area contributed by atoms with Crippen LogP contribution in [0.15, 0.2) is 23.8 Å². The summed E-state index contributed by atoms with van der Waals surface area (Å²) in [7, 11) is 0. The fourth-order valence-corrected chi connectivity index (χ4v) is 2.55. The number of nitrogens with zero attached hydrogens (tertiary/aromatic N) is 1. The lowest BCUT2D eigenvalue weighted by atomic mass is 9.97.